The highest BCUT2D eigenvalue weighted by Gasteiger charge is 2.40. The maximum atomic E-state index is 2.31. The second kappa shape index (κ2) is 4.87. The van der Waals surface area contributed by atoms with Gasteiger partial charge in [-0.25, -0.2) is 0 Å². The van der Waals surface area contributed by atoms with Crippen molar-refractivity contribution in [1.29, 1.82) is 0 Å². The molecule has 15 heavy (non-hydrogen) atoms. The van der Waals surface area contributed by atoms with Gasteiger partial charge in [0.05, 0.1) is 0 Å². The van der Waals surface area contributed by atoms with Crippen LogP contribution in [0.5, 0.6) is 0 Å². The van der Waals surface area contributed by atoms with Crippen molar-refractivity contribution in [1.82, 2.24) is 4.90 Å². The number of allylic oxidation sites excluding steroid dienone is 2. The van der Waals surface area contributed by atoms with Gasteiger partial charge in [-0.3, -0.25) is 0 Å². The van der Waals surface area contributed by atoms with Crippen LogP contribution in [0.3, 0.4) is 0 Å². The Kier molecular flexibility index (Phi) is 4.64. The van der Waals surface area contributed by atoms with Crippen molar-refractivity contribution in [2.24, 2.45) is 5.41 Å². The molecule has 0 radical (unpaired) electrons. The largest absolute Gasteiger partial charge is 0.375 e. The number of hydrogen-bond acceptors (Lipinski definition) is 1. The van der Waals surface area contributed by atoms with Gasteiger partial charge in [0.1, 0.15) is 0 Å². The molecule has 0 saturated carbocycles. The first-order valence-corrected chi connectivity index (χ1v) is 5.71. The Morgan fingerprint density at radius 1 is 1.07 bits per heavy atom. The third-order valence-electron chi connectivity index (χ3n) is 4.20. The fourth-order valence-electron chi connectivity index (χ4n) is 1.69. The quantitative estimate of drug-likeness (QED) is 0.627. The first-order chi connectivity index (χ1) is 6.71. The van der Waals surface area contributed by atoms with E-state index >= 15 is 0 Å². The van der Waals surface area contributed by atoms with Crippen LogP contribution < -0.4 is 0 Å². The maximum absolute atomic E-state index is 2.31. The summed E-state index contributed by atoms with van der Waals surface area (Å²) < 4.78 is 0. The Balaban J connectivity index is 5.17. The molecule has 0 aliphatic rings. The molecule has 0 fully saturated rings. The molecular weight excluding hydrogens is 182 g/mol. The van der Waals surface area contributed by atoms with E-state index in [9.17, 15) is 0 Å². The molecule has 0 amide bonds. The van der Waals surface area contributed by atoms with E-state index in [4.69, 9.17) is 0 Å². The van der Waals surface area contributed by atoms with E-state index in [1.54, 1.807) is 0 Å². The Hall–Kier alpha value is -0.720. The molecule has 0 atom stereocenters. The van der Waals surface area contributed by atoms with Crippen LogP contribution in [-0.2, 0) is 0 Å². The zero-order valence-electron chi connectivity index (χ0n) is 11.7. The topological polar surface area (TPSA) is 3.24 Å². The summed E-state index contributed by atoms with van der Waals surface area (Å²) in [5.41, 5.74) is 1.70. The van der Waals surface area contributed by atoms with Crippen LogP contribution in [0, 0.1) is 5.41 Å². The van der Waals surface area contributed by atoms with Crippen LogP contribution in [0.1, 0.15) is 48.5 Å². The highest BCUT2D eigenvalue weighted by atomic mass is 15.2. The smallest absolute Gasteiger partial charge is 0.0424 e. The van der Waals surface area contributed by atoms with E-state index in [0.717, 1.165) is 0 Å². The minimum Gasteiger partial charge on any atom is -0.375 e. The molecule has 0 saturated heterocycles. The van der Waals surface area contributed by atoms with E-state index in [1.165, 1.54) is 5.57 Å². The van der Waals surface area contributed by atoms with Crippen molar-refractivity contribution in [3.8, 4) is 0 Å². The number of rotatable bonds is 4. The zero-order chi connectivity index (χ0) is 12.3. The minimum atomic E-state index is 0.107. The first-order valence-electron chi connectivity index (χ1n) is 5.71. The first kappa shape index (κ1) is 14.3. The van der Waals surface area contributed by atoms with E-state index in [0.29, 0.717) is 0 Å². The molecule has 0 rings (SSSR count). The van der Waals surface area contributed by atoms with Crippen molar-refractivity contribution in [2.75, 3.05) is 7.05 Å². The van der Waals surface area contributed by atoms with Gasteiger partial charge < -0.3 is 4.90 Å². The van der Waals surface area contributed by atoms with Gasteiger partial charge in [-0.2, -0.15) is 0 Å². The standard InChI is InChI=1S/C14H27N/c1-9-11-15(8)14(6,7)13(4,5)12(3)10-2/h9-11H,1-8H3/b11-9-,12-10+. The van der Waals surface area contributed by atoms with E-state index in [-0.39, 0.29) is 11.0 Å². The molecule has 0 N–H and O–H groups in total. The van der Waals surface area contributed by atoms with Crippen molar-refractivity contribution < 1.29 is 0 Å². The summed E-state index contributed by atoms with van der Waals surface area (Å²) in [7, 11) is 2.14. The Morgan fingerprint density at radius 2 is 1.53 bits per heavy atom. The summed E-state index contributed by atoms with van der Waals surface area (Å²) >= 11 is 0. The minimum absolute atomic E-state index is 0.107. The summed E-state index contributed by atoms with van der Waals surface area (Å²) in [6.07, 6.45) is 6.44. The lowest BCUT2D eigenvalue weighted by Crippen LogP contribution is -2.50. The van der Waals surface area contributed by atoms with Crippen molar-refractivity contribution >= 4 is 0 Å². The number of nitrogens with zero attached hydrogens (tertiary/aromatic N) is 1. The Morgan fingerprint density at radius 3 is 1.87 bits per heavy atom. The van der Waals surface area contributed by atoms with Crippen molar-refractivity contribution in [3.63, 3.8) is 0 Å². The van der Waals surface area contributed by atoms with Gasteiger partial charge in [-0.05, 0) is 40.8 Å². The van der Waals surface area contributed by atoms with Crippen LogP contribution in [0.15, 0.2) is 23.9 Å². The predicted octanol–water partition coefficient (Wildman–Crippen LogP) is 4.22. The maximum Gasteiger partial charge on any atom is 0.0424 e. The molecule has 0 unspecified atom stereocenters. The van der Waals surface area contributed by atoms with Gasteiger partial charge in [0, 0.05) is 18.0 Å². The molecule has 88 valence electrons. The fourth-order valence-corrected chi connectivity index (χ4v) is 1.69. The Bertz CT molecular complexity index is 257. The van der Waals surface area contributed by atoms with Gasteiger partial charge in [0.25, 0.3) is 0 Å². The third-order valence-corrected chi connectivity index (χ3v) is 4.20. The monoisotopic (exact) mass is 209 g/mol. The summed E-state index contributed by atoms with van der Waals surface area (Å²) in [5, 5.41) is 0. The predicted molar refractivity (Wildman–Crippen MR) is 69.9 cm³/mol. The summed E-state index contributed by atoms with van der Waals surface area (Å²) in [6.45, 7) is 15.6. The van der Waals surface area contributed by atoms with Gasteiger partial charge in [-0.15, -0.1) is 0 Å². The molecule has 0 aromatic rings. The molecule has 0 aliphatic heterocycles. The molecule has 0 bridgehead atoms. The molecule has 0 heterocycles. The zero-order valence-corrected chi connectivity index (χ0v) is 11.7. The normalized spacial score (nSPS) is 14.8. The lowest BCUT2D eigenvalue weighted by Gasteiger charge is -2.48. The van der Waals surface area contributed by atoms with Gasteiger partial charge >= 0.3 is 0 Å². The van der Waals surface area contributed by atoms with Gasteiger partial charge in [-0.1, -0.05) is 31.6 Å². The van der Waals surface area contributed by atoms with E-state index in [2.05, 4.69) is 78.8 Å². The molecule has 1 nitrogen and oxygen atoms in total. The summed E-state index contributed by atoms with van der Waals surface area (Å²) in [5.74, 6) is 0. The fraction of sp³-hybridized carbons (Fsp3) is 0.714. The van der Waals surface area contributed by atoms with Gasteiger partial charge in [0.15, 0.2) is 0 Å². The Labute approximate surface area is 95.9 Å². The lowest BCUT2D eigenvalue weighted by atomic mass is 9.69. The molecule has 0 spiro atoms. The molecular formula is C14H27N. The molecule has 0 aromatic carbocycles. The van der Waals surface area contributed by atoms with Gasteiger partial charge in [0.2, 0.25) is 0 Å². The summed E-state index contributed by atoms with van der Waals surface area (Å²) in [6, 6.07) is 0. The molecule has 0 aromatic heterocycles. The SMILES string of the molecule is C/C=C\N(C)C(C)(C)C(C)(C)/C(C)=C/C. The van der Waals surface area contributed by atoms with E-state index in [1.807, 2.05) is 0 Å². The van der Waals surface area contributed by atoms with Crippen LogP contribution in [0.4, 0.5) is 0 Å². The highest BCUT2D eigenvalue weighted by Crippen LogP contribution is 2.41. The van der Waals surface area contributed by atoms with Crippen LogP contribution >= 0.6 is 0 Å². The second-order valence-corrected chi connectivity index (χ2v) is 5.25. The average Bonchev–Trinajstić information content (AvgIpc) is 2.16. The molecule has 0 aliphatic carbocycles. The van der Waals surface area contributed by atoms with Crippen LogP contribution in [-0.4, -0.2) is 17.5 Å². The number of hydrogen-bond donors (Lipinski definition) is 0. The van der Waals surface area contributed by atoms with E-state index < -0.39 is 0 Å². The highest BCUT2D eigenvalue weighted by molar-refractivity contribution is 5.17. The summed E-state index contributed by atoms with van der Waals surface area (Å²) in [4.78, 5) is 2.29. The molecule has 1 heteroatoms. The van der Waals surface area contributed by atoms with Crippen molar-refractivity contribution in [3.05, 3.63) is 23.9 Å². The van der Waals surface area contributed by atoms with Crippen molar-refractivity contribution in [2.45, 2.75) is 54.0 Å². The van der Waals surface area contributed by atoms with Crippen LogP contribution in [0.25, 0.3) is 0 Å². The van der Waals surface area contributed by atoms with Crippen LogP contribution in [0.2, 0.25) is 0 Å². The average molecular weight is 209 g/mol. The second-order valence-electron chi connectivity index (χ2n) is 5.25. The lowest BCUT2D eigenvalue weighted by molar-refractivity contribution is 0.0953. The third kappa shape index (κ3) is 2.64.